The number of carbonyl (C=O) groups is 1. The molecule has 1 heterocycles. The van der Waals surface area contributed by atoms with Gasteiger partial charge in [-0.2, -0.15) is 5.10 Å². The van der Waals surface area contributed by atoms with Gasteiger partial charge in [0, 0.05) is 18.9 Å². The third-order valence-corrected chi connectivity index (χ3v) is 4.08. The Hall–Kier alpha value is -1.21. The minimum Gasteiger partial charge on any atom is -0.300 e. The molecule has 88 valence electrons. The second-order valence-corrected chi connectivity index (χ2v) is 5.54. The number of nitrogens with one attached hydrogen (secondary N) is 2. The summed E-state index contributed by atoms with van der Waals surface area (Å²) in [5.41, 5.74) is 0. The van der Waals surface area contributed by atoms with Gasteiger partial charge in [-0.1, -0.05) is 0 Å². The van der Waals surface area contributed by atoms with Crippen LogP contribution in [0.15, 0.2) is 17.3 Å². The molecule has 2 rings (SSSR count). The average Bonchev–Trinajstić information content (AvgIpc) is 2.75. The van der Waals surface area contributed by atoms with Gasteiger partial charge in [0.15, 0.2) is 5.03 Å². The van der Waals surface area contributed by atoms with Crippen molar-refractivity contribution in [2.45, 2.75) is 36.8 Å². The molecule has 7 heteroatoms. The number of hydrogen-bond acceptors (Lipinski definition) is 4. The zero-order valence-corrected chi connectivity index (χ0v) is 9.46. The third-order valence-electron chi connectivity index (χ3n) is 2.63. The van der Waals surface area contributed by atoms with E-state index in [1.54, 1.807) is 0 Å². The number of aromatic amines is 1. The molecule has 6 nitrogen and oxygen atoms in total. The highest BCUT2D eigenvalue weighted by molar-refractivity contribution is 7.89. The molecule has 1 fully saturated rings. The highest BCUT2D eigenvalue weighted by Gasteiger charge is 2.24. The zero-order chi connectivity index (χ0) is 11.6. The molecule has 0 saturated heterocycles. The Bertz CT molecular complexity index is 456. The molecule has 1 aliphatic rings. The van der Waals surface area contributed by atoms with Crippen LogP contribution in [-0.2, 0) is 14.8 Å². The molecule has 0 amide bonds. The summed E-state index contributed by atoms with van der Waals surface area (Å²) in [6.07, 6.45) is 3.45. The van der Waals surface area contributed by atoms with Gasteiger partial charge in [0.2, 0.25) is 0 Å². The standard InChI is InChI=1S/C9H13N3O3S/c13-8-3-1-7(2-4-8)12-16(14,15)9-5-6-10-11-9/h5-7,12H,1-4H2,(H,10,11). The molecule has 0 atom stereocenters. The molecule has 0 radical (unpaired) electrons. The molecule has 0 unspecified atom stereocenters. The van der Waals surface area contributed by atoms with E-state index in [2.05, 4.69) is 14.9 Å². The van der Waals surface area contributed by atoms with E-state index in [0.29, 0.717) is 25.7 Å². The first kappa shape index (κ1) is 11.3. The van der Waals surface area contributed by atoms with Crippen LogP contribution in [0.2, 0.25) is 0 Å². The van der Waals surface area contributed by atoms with Crippen LogP contribution in [0.1, 0.15) is 25.7 Å². The molecule has 1 aromatic rings. The summed E-state index contributed by atoms with van der Waals surface area (Å²) in [5, 5.41) is 6.06. The maximum Gasteiger partial charge on any atom is 0.257 e. The Morgan fingerprint density at radius 1 is 1.38 bits per heavy atom. The number of rotatable bonds is 3. The summed E-state index contributed by atoms with van der Waals surface area (Å²) in [4.78, 5) is 11.0. The number of sulfonamides is 1. The van der Waals surface area contributed by atoms with Crippen molar-refractivity contribution in [1.29, 1.82) is 0 Å². The van der Waals surface area contributed by atoms with Gasteiger partial charge in [-0.3, -0.25) is 9.89 Å². The summed E-state index contributed by atoms with van der Waals surface area (Å²) in [6, 6.07) is 1.25. The maximum atomic E-state index is 11.8. The van der Waals surface area contributed by atoms with E-state index in [1.165, 1.54) is 12.3 Å². The highest BCUT2D eigenvalue weighted by atomic mass is 32.2. The van der Waals surface area contributed by atoms with Crippen LogP contribution in [0.25, 0.3) is 0 Å². The first-order chi connectivity index (χ1) is 7.58. The van der Waals surface area contributed by atoms with Crippen molar-refractivity contribution in [1.82, 2.24) is 14.9 Å². The molecule has 16 heavy (non-hydrogen) atoms. The van der Waals surface area contributed by atoms with E-state index in [9.17, 15) is 13.2 Å². The number of hydrogen-bond donors (Lipinski definition) is 2. The van der Waals surface area contributed by atoms with Gasteiger partial charge in [0.05, 0.1) is 6.20 Å². The predicted octanol–water partition coefficient (Wildman–Crippen LogP) is 0.200. The minimum atomic E-state index is -3.51. The van der Waals surface area contributed by atoms with E-state index in [-0.39, 0.29) is 16.9 Å². The lowest BCUT2D eigenvalue weighted by molar-refractivity contribution is -0.120. The summed E-state index contributed by atoms with van der Waals surface area (Å²) in [6.45, 7) is 0. The van der Waals surface area contributed by atoms with Crippen LogP contribution >= 0.6 is 0 Å². The Labute approximate surface area is 93.5 Å². The van der Waals surface area contributed by atoms with Gasteiger partial charge in [0.25, 0.3) is 10.0 Å². The van der Waals surface area contributed by atoms with Crippen LogP contribution in [0.4, 0.5) is 0 Å². The first-order valence-electron chi connectivity index (χ1n) is 5.11. The second kappa shape index (κ2) is 4.34. The molecular formula is C9H13N3O3S. The molecule has 0 bridgehead atoms. The van der Waals surface area contributed by atoms with Crippen LogP contribution in [-0.4, -0.2) is 30.4 Å². The normalized spacial score (nSPS) is 18.9. The van der Waals surface area contributed by atoms with Crippen LogP contribution < -0.4 is 4.72 Å². The summed E-state index contributed by atoms with van der Waals surface area (Å²) < 4.78 is 26.1. The largest absolute Gasteiger partial charge is 0.300 e. The quantitative estimate of drug-likeness (QED) is 0.793. The minimum absolute atomic E-state index is 0.0596. The average molecular weight is 243 g/mol. The van der Waals surface area contributed by atoms with Crippen LogP contribution in [0, 0.1) is 0 Å². The zero-order valence-electron chi connectivity index (χ0n) is 8.64. The molecule has 0 aliphatic heterocycles. The van der Waals surface area contributed by atoms with Crippen molar-refractivity contribution in [3.8, 4) is 0 Å². The Morgan fingerprint density at radius 3 is 2.62 bits per heavy atom. The van der Waals surface area contributed by atoms with Crippen molar-refractivity contribution in [3.05, 3.63) is 12.3 Å². The maximum absolute atomic E-state index is 11.8. The molecule has 1 aliphatic carbocycles. The Morgan fingerprint density at radius 2 is 2.06 bits per heavy atom. The summed E-state index contributed by atoms with van der Waals surface area (Å²) >= 11 is 0. The van der Waals surface area contributed by atoms with E-state index in [4.69, 9.17) is 0 Å². The fourth-order valence-electron chi connectivity index (χ4n) is 1.73. The topological polar surface area (TPSA) is 91.9 Å². The monoisotopic (exact) mass is 243 g/mol. The molecule has 1 aromatic heterocycles. The molecule has 1 saturated carbocycles. The lowest BCUT2D eigenvalue weighted by Crippen LogP contribution is -2.37. The SMILES string of the molecule is O=C1CCC(NS(=O)(=O)c2ccn[nH]2)CC1. The van der Waals surface area contributed by atoms with Gasteiger partial charge in [-0.25, -0.2) is 13.1 Å². The van der Waals surface area contributed by atoms with Crippen molar-refractivity contribution in [2.75, 3.05) is 0 Å². The van der Waals surface area contributed by atoms with Gasteiger partial charge in [0.1, 0.15) is 5.78 Å². The van der Waals surface area contributed by atoms with Gasteiger partial charge in [-0.05, 0) is 18.9 Å². The van der Waals surface area contributed by atoms with Crippen LogP contribution in [0.5, 0.6) is 0 Å². The number of nitrogens with zero attached hydrogens (tertiary/aromatic N) is 1. The second-order valence-electron chi connectivity index (χ2n) is 3.86. The van der Waals surface area contributed by atoms with Crippen molar-refractivity contribution < 1.29 is 13.2 Å². The number of carbonyl (C=O) groups excluding carboxylic acids is 1. The number of aromatic nitrogens is 2. The smallest absolute Gasteiger partial charge is 0.257 e. The fourth-order valence-corrected chi connectivity index (χ4v) is 2.95. The number of H-pyrrole nitrogens is 1. The van der Waals surface area contributed by atoms with Crippen molar-refractivity contribution in [2.24, 2.45) is 0 Å². The lowest BCUT2D eigenvalue weighted by Gasteiger charge is -2.21. The van der Waals surface area contributed by atoms with Crippen molar-refractivity contribution >= 4 is 15.8 Å². The molecule has 0 spiro atoms. The van der Waals surface area contributed by atoms with Crippen molar-refractivity contribution in [3.63, 3.8) is 0 Å². The molecular weight excluding hydrogens is 230 g/mol. The van der Waals surface area contributed by atoms with Crippen LogP contribution in [0.3, 0.4) is 0 Å². The lowest BCUT2D eigenvalue weighted by atomic mass is 9.95. The Kier molecular flexibility index (Phi) is 3.06. The fraction of sp³-hybridized carbons (Fsp3) is 0.556. The van der Waals surface area contributed by atoms with E-state index in [0.717, 1.165) is 0 Å². The van der Waals surface area contributed by atoms with E-state index < -0.39 is 10.0 Å². The summed E-state index contributed by atoms with van der Waals surface area (Å²) in [7, 11) is -3.51. The van der Waals surface area contributed by atoms with Gasteiger partial charge < -0.3 is 0 Å². The van der Waals surface area contributed by atoms with Gasteiger partial charge >= 0.3 is 0 Å². The number of Topliss-reactive ketones (excluding diaryl/α,β-unsaturated/α-hetero) is 1. The predicted molar refractivity (Wildman–Crippen MR) is 56.2 cm³/mol. The summed E-state index contributed by atoms with van der Waals surface area (Å²) in [5.74, 6) is 0.206. The first-order valence-corrected chi connectivity index (χ1v) is 6.59. The van der Waals surface area contributed by atoms with E-state index in [1.807, 2.05) is 0 Å². The highest BCUT2D eigenvalue weighted by Crippen LogP contribution is 2.16. The molecule has 2 N–H and O–H groups in total. The Balaban J connectivity index is 2.02. The molecule has 0 aromatic carbocycles. The number of ketones is 1. The van der Waals surface area contributed by atoms with Gasteiger partial charge in [-0.15, -0.1) is 0 Å². The third kappa shape index (κ3) is 2.48. The van der Waals surface area contributed by atoms with E-state index >= 15 is 0 Å².